The highest BCUT2D eigenvalue weighted by molar-refractivity contribution is 5.85. The maximum absolute atomic E-state index is 11.6. The van der Waals surface area contributed by atoms with E-state index in [-0.39, 0.29) is 18.3 Å². The molecule has 0 saturated carbocycles. The van der Waals surface area contributed by atoms with Gasteiger partial charge in [-0.1, -0.05) is 13.3 Å². The van der Waals surface area contributed by atoms with Crippen LogP contribution in [0.15, 0.2) is 6.33 Å². The van der Waals surface area contributed by atoms with E-state index in [2.05, 4.69) is 29.4 Å². The number of carbonyl (C=O) groups is 1. The average molecular weight is 290 g/mol. The van der Waals surface area contributed by atoms with E-state index >= 15 is 0 Å². The van der Waals surface area contributed by atoms with E-state index in [1.807, 2.05) is 11.5 Å². The first-order chi connectivity index (χ1) is 8.56. The van der Waals surface area contributed by atoms with Crippen molar-refractivity contribution in [1.82, 2.24) is 20.1 Å². The first-order valence-electron chi connectivity index (χ1n) is 6.48. The lowest BCUT2D eigenvalue weighted by atomic mass is 10.1. The summed E-state index contributed by atoms with van der Waals surface area (Å²) in [4.78, 5) is 11.6. The van der Waals surface area contributed by atoms with Crippen LogP contribution in [0.3, 0.4) is 0 Å². The topological polar surface area (TPSA) is 85.8 Å². The number of aromatic nitrogens is 3. The van der Waals surface area contributed by atoms with E-state index < -0.39 is 6.04 Å². The highest BCUT2D eigenvalue weighted by Crippen LogP contribution is 2.06. The van der Waals surface area contributed by atoms with Gasteiger partial charge in [0.05, 0.1) is 6.04 Å². The lowest BCUT2D eigenvalue weighted by Crippen LogP contribution is -2.41. The van der Waals surface area contributed by atoms with Gasteiger partial charge in [0.2, 0.25) is 5.91 Å². The molecule has 0 bridgehead atoms. The van der Waals surface area contributed by atoms with Gasteiger partial charge in [-0.3, -0.25) is 4.79 Å². The first-order valence-corrected chi connectivity index (χ1v) is 6.48. The third-order valence-corrected chi connectivity index (χ3v) is 2.79. The van der Waals surface area contributed by atoms with Crippen molar-refractivity contribution in [2.45, 2.75) is 52.1 Å². The van der Waals surface area contributed by atoms with Gasteiger partial charge in [-0.2, -0.15) is 0 Å². The van der Waals surface area contributed by atoms with Gasteiger partial charge in [0.1, 0.15) is 12.2 Å². The summed E-state index contributed by atoms with van der Waals surface area (Å²) in [5.41, 5.74) is 5.72. The van der Waals surface area contributed by atoms with Gasteiger partial charge >= 0.3 is 0 Å². The summed E-state index contributed by atoms with van der Waals surface area (Å²) in [6.45, 7) is 6.70. The first kappa shape index (κ1) is 17.9. The maximum Gasteiger partial charge on any atom is 0.236 e. The zero-order valence-electron chi connectivity index (χ0n) is 11.8. The molecule has 0 unspecified atom stereocenters. The number of hydrogen-bond acceptors (Lipinski definition) is 4. The molecule has 1 heterocycles. The van der Waals surface area contributed by atoms with E-state index in [0.717, 1.165) is 12.2 Å². The van der Waals surface area contributed by atoms with Crippen LogP contribution in [0.5, 0.6) is 0 Å². The molecule has 19 heavy (non-hydrogen) atoms. The molecule has 110 valence electrons. The molecule has 6 nitrogen and oxygen atoms in total. The molecular formula is C12H24ClN5O. The Bertz CT molecular complexity index is 380. The molecule has 1 amide bonds. The summed E-state index contributed by atoms with van der Waals surface area (Å²) in [7, 11) is 0. The van der Waals surface area contributed by atoms with Gasteiger partial charge < -0.3 is 15.6 Å². The highest BCUT2D eigenvalue weighted by atomic mass is 35.5. The number of hydrogen-bond donors (Lipinski definition) is 2. The molecule has 3 N–H and O–H groups in total. The van der Waals surface area contributed by atoms with E-state index in [0.29, 0.717) is 25.4 Å². The minimum absolute atomic E-state index is 0. The van der Waals surface area contributed by atoms with Crippen molar-refractivity contribution in [3.05, 3.63) is 12.2 Å². The van der Waals surface area contributed by atoms with Crippen molar-refractivity contribution in [3.8, 4) is 0 Å². The lowest BCUT2D eigenvalue weighted by molar-refractivity contribution is -0.122. The molecule has 0 fully saturated rings. The fourth-order valence-electron chi connectivity index (χ4n) is 1.75. The Labute approximate surface area is 120 Å². The van der Waals surface area contributed by atoms with Crippen molar-refractivity contribution in [3.63, 3.8) is 0 Å². The second kappa shape index (κ2) is 8.87. The molecule has 0 aliphatic heterocycles. The molecule has 0 spiro atoms. The molecule has 0 aliphatic rings. The molecule has 1 rings (SSSR count). The van der Waals surface area contributed by atoms with Crippen LogP contribution in [0.4, 0.5) is 0 Å². The van der Waals surface area contributed by atoms with Gasteiger partial charge in [-0.25, -0.2) is 0 Å². The van der Waals surface area contributed by atoms with Crippen LogP contribution >= 0.6 is 12.4 Å². The average Bonchev–Trinajstić information content (AvgIpc) is 2.77. The van der Waals surface area contributed by atoms with Gasteiger partial charge in [0.25, 0.3) is 0 Å². The minimum Gasteiger partial charge on any atom is -0.354 e. The Morgan fingerprint density at radius 1 is 1.53 bits per heavy atom. The van der Waals surface area contributed by atoms with Crippen LogP contribution < -0.4 is 11.1 Å². The standard InChI is InChI=1S/C12H23N5O.ClH/c1-4-5-10(13)12(18)14-7-6-11-16-15-8-17(11)9(2)3;/h8-10H,4-7,13H2,1-3H3,(H,14,18);1H/t10-;/m0./s1. The summed E-state index contributed by atoms with van der Waals surface area (Å²) in [6.07, 6.45) is 4.01. The molecular weight excluding hydrogens is 266 g/mol. The second-order valence-corrected chi connectivity index (χ2v) is 4.68. The molecule has 0 aliphatic carbocycles. The number of nitrogens with two attached hydrogens (primary N) is 1. The molecule has 0 aromatic carbocycles. The number of amides is 1. The normalized spacial score (nSPS) is 12.1. The molecule has 1 aromatic rings. The monoisotopic (exact) mass is 289 g/mol. The largest absolute Gasteiger partial charge is 0.354 e. The van der Waals surface area contributed by atoms with Crippen molar-refractivity contribution in [1.29, 1.82) is 0 Å². The predicted octanol–water partition coefficient (Wildman–Crippen LogP) is 1.07. The van der Waals surface area contributed by atoms with E-state index in [1.54, 1.807) is 6.33 Å². The van der Waals surface area contributed by atoms with Gasteiger partial charge in [0, 0.05) is 19.0 Å². The minimum atomic E-state index is -0.405. The Kier molecular flexibility index (Phi) is 8.34. The number of rotatable bonds is 7. The fourth-order valence-corrected chi connectivity index (χ4v) is 1.75. The highest BCUT2D eigenvalue weighted by Gasteiger charge is 2.12. The van der Waals surface area contributed by atoms with Crippen LogP contribution in [0.1, 0.15) is 45.5 Å². The summed E-state index contributed by atoms with van der Waals surface area (Å²) in [6, 6.07) is -0.0778. The number of nitrogens with zero attached hydrogens (tertiary/aromatic N) is 3. The number of nitrogens with one attached hydrogen (secondary N) is 1. The van der Waals surface area contributed by atoms with Crippen LogP contribution in [0.2, 0.25) is 0 Å². The predicted molar refractivity (Wildman–Crippen MR) is 77.3 cm³/mol. The van der Waals surface area contributed by atoms with Crippen molar-refractivity contribution in [2.75, 3.05) is 6.54 Å². The summed E-state index contributed by atoms with van der Waals surface area (Å²) in [5, 5.41) is 10.8. The van der Waals surface area contributed by atoms with Crippen molar-refractivity contribution >= 4 is 18.3 Å². The van der Waals surface area contributed by atoms with Crippen LogP contribution in [-0.2, 0) is 11.2 Å². The number of halogens is 1. The molecule has 1 atom stereocenters. The third-order valence-electron chi connectivity index (χ3n) is 2.79. The SMILES string of the molecule is CCC[C@H](N)C(=O)NCCc1nncn1C(C)C.Cl. The third kappa shape index (κ3) is 5.57. The van der Waals surface area contributed by atoms with Gasteiger partial charge in [0.15, 0.2) is 0 Å². The maximum atomic E-state index is 11.6. The zero-order chi connectivity index (χ0) is 13.5. The Hall–Kier alpha value is -1.14. The van der Waals surface area contributed by atoms with Crippen LogP contribution in [0, 0.1) is 0 Å². The van der Waals surface area contributed by atoms with Crippen molar-refractivity contribution in [2.24, 2.45) is 5.73 Å². The van der Waals surface area contributed by atoms with Crippen LogP contribution in [0.25, 0.3) is 0 Å². The number of carbonyl (C=O) groups excluding carboxylic acids is 1. The summed E-state index contributed by atoms with van der Waals surface area (Å²) >= 11 is 0. The lowest BCUT2D eigenvalue weighted by Gasteiger charge is -2.12. The smallest absolute Gasteiger partial charge is 0.236 e. The molecule has 7 heteroatoms. The van der Waals surface area contributed by atoms with E-state index in [1.165, 1.54) is 0 Å². The Balaban J connectivity index is 0.00000324. The zero-order valence-corrected chi connectivity index (χ0v) is 12.6. The van der Waals surface area contributed by atoms with Crippen LogP contribution in [-0.4, -0.2) is 33.3 Å². The van der Waals surface area contributed by atoms with Gasteiger partial charge in [-0.15, -0.1) is 22.6 Å². The Morgan fingerprint density at radius 2 is 2.21 bits per heavy atom. The van der Waals surface area contributed by atoms with Crippen molar-refractivity contribution < 1.29 is 4.79 Å². The summed E-state index contributed by atoms with van der Waals surface area (Å²) in [5.74, 6) is 0.793. The van der Waals surface area contributed by atoms with E-state index in [4.69, 9.17) is 5.73 Å². The summed E-state index contributed by atoms with van der Waals surface area (Å²) < 4.78 is 2.00. The Morgan fingerprint density at radius 3 is 2.79 bits per heavy atom. The molecule has 0 radical (unpaired) electrons. The van der Waals surface area contributed by atoms with Gasteiger partial charge in [-0.05, 0) is 20.3 Å². The quantitative estimate of drug-likeness (QED) is 0.786. The van der Waals surface area contributed by atoms with E-state index in [9.17, 15) is 4.79 Å². The molecule has 0 saturated heterocycles. The molecule has 1 aromatic heterocycles. The second-order valence-electron chi connectivity index (χ2n) is 4.68. The fraction of sp³-hybridized carbons (Fsp3) is 0.750.